The number of hydrogen-bond donors (Lipinski definition) is 0. The van der Waals surface area contributed by atoms with E-state index >= 15 is 0 Å². The van der Waals surface area contributed by atoms with Crippen LogP contribution in [0.5, 0.6) is 0 Å². The highest BCUT2D eigenvalue weighted by Crippen LogP contribution is 2.35. The zero-order valence-corrected chi connectivity index (χ0v) is 13.8. The van der Waals surface area contributed by atoms with E-state index in [2.05, 4.69) is 15.3 Å². The van der Waals surface area contributed by atoms with Gasteiger partial charge in [0, 0.05) is 18.7 Å². The Bertz CT molecular complexity index is 713. The lowest BCUT2D eigenvalue weighted by atomic mass is 9.84. The van der Waals surface area contributed by atoms with Crippen molar-refractivity contribution < 1.29 is 13.6 Å². The number of rotatable bonds is 4. The molecule has 2 aromatic rings. The topological polar surface area (TPSA) is 60.7 Å². The Balaban J connectivity index is 2.51. The molecular weight excluding hydrogens is 302 g/mol. The molecule has 7 heteroatoms. The van der Waals surface area contributed by atoms with Crippen molar-refractivity contribution in [1.29, 1.82) is 0 Å². The van der Waals surface area contributed by atoms with Gasteiger partial charge in [-0.2, -0.15) is 0 Å². The summed E-state index contributed by atoms with van der Waals surface area (Å²) in [6.45, 7) is 8.02. The third-order valence-corrected chi connectivity index (χ3v) is 3.50. The predicted octanol–water partition coefficient (Wildman–Crippen LogP) is 3.63. The van der Waals surface area contributed by atoms with Crippen LogP contribution < -0.4 is 0 Å². The summed E-state index contributed by atoms with van der Waals surface area (Å²) in [7, 11) is 0. The standard InChI is InChI=1S/C16H20F2N4O/c1-10(23)14(15(2,3)4)22-9-12(20-21-22)13-11(16(5,17)18)7-6-8-19-13/h6-9,14H,1-5H3/t14-/m1/s1. The number of alkyl halides is 2. The van der Waals surface area contributed by atoms with Gasteiger partial charge in [0.15, 0.2) is 5.78 Å². The lowest BCUT2D eigenvalue weighted by Crippen LogP contribution is -2.30. The van der Waals surface area contributed by atoms with Gasteiger partial charge in [0.05, 0.1) is 6.20 Å². The first-order chi connectivity index (χ1) is 10.5. The van der Waals surface area contributed by atoms with Crippen LogP contribution in [0.4, 0.5) is 8.78 Å². The van der Waals surface area contributed by atoms with E-state index in [9.17, 15) is 13.6 Å². The summed E-state index contributed by atoms with van der Waals surface area (Å²) in [6, 6.07) is 2.24. The Morgan fingerprint density at radius 2 is 1.91 bits per heavy atom. The van der Waals surface area contributed by atoms with Gasteiger partial charge in [0.2, 0.25) is 0 Å². The smallest absolute Gasteiger partial charge is 0.272 e. The minimum Gasteiger partial charge on any atom is -0.298 e. The summed E-state index contributed by atoms with van der Waals surface area (Å²) in [5.74, 6) is -3.12. The predicted molar refractivity (Wildman–Crippen MR) is 82.0 cm³/mol. The van der Waals surface area contributed by atoms with Gasteiger partial charge in [-0.25, -0.2) is 13.5 Å². The molecule has 0 saturated carbocycles. The number of nitrogens with zero attached hydrogens (tertiary/aromatic N) is 4. The average molecular weight is 322 g/mol. The molecule has 0 saturated heterocycles. The molecule has 0 amide bonds. The number of carbonyl (C=O) groups is 1. The lowest BCUT2D eigenvalue weighted by molar-refractivity contribution is -0.123. The molecule has 2 heterocycles. The van der Waals surface area contributed by atoms with E-state index in [1.54, 1.807) is 0 Å². The van der Waals surface area contributed by atoms with Crippen molar-refractivity contribution in [2.75, 3.05) is 0 Å². The molecular formula is C16H20F2N4O. The van der Waals surface area contributed by atoms with E-state index in [1.165, 1.54) is 36.1 Å². The number of carbonyl (C=O) groups excluding carboxylic acids is 1. The van der Waals surface area contributed by atoms with Gasteiger partial charge in [-0.1, -0.05) is 26.0 Å². The highest BCUT2D eigenvalue weighted by molar-refractivity contribution is 5.80. The molecule has 2 rings (SSSR count). The summed E-state index contributed by atoms with van der Waals surface area (Å²) < 4.78 is 28.9. The molecule has 5 nitrogen and oxygen atoms in total. The second kappa shape index (κ2) is 5.79. The van der Waals surface area contributed by atoms with E-state index in [-0.39, 0.29) is 28.1 Å². The number of hydrogen-bond acceptors (Lipinski definition) is 4. The molecule has 0 aliphatic carbocycles. The van der Waals surface area contributed by atoms with E-state index in [1.807, 2.05) is 20.8 Å². The Hall–Kier alpha value is -2.18. The molecule has 2 aromatic heterocycles. The fourth-order valence-electron chi connectivity index (χ4n) is 2.67. The molecule has 0 unspecified atom stereocenters. The van der Waals surface area contributed by atoms with Gasteiger partial charge in [-0.05, 0) is 24.5 Å². The second-order valence-electron chi connectivity index (χ2n) is 6.75. The van der Waals surface area contributed by atoms with Crippen molar-refractivity contribution in [3.63, 3.8) is 0 Å². The SMILES string of the molecule is CC(=O)[C@@H](n1cc(-c2ncccc2C(C)(F)F)nn1)C(C)(C)C. The van der Waals surface area contributed by atoms with Gasteiger partial charge in [-0.15, -0.1) is 5.10 Å². The van der Waals surface area contributed by atoms with E-state index in [4.69, 9.17) is 0 Å². The van der Waals surface area contributed by atoms with Crippen molar-refractivity contribution in [2.45, 2.75) is 46.6 Å². The summed E-state index contributed by atoms with van der Waals surface area (Å²) in [5, 5.41) is 7.91. The van der Waals surface area contributed by atoms with Gasteiger partial charge in [0.1, 0.15) is 17.4 Å². The summed E-state index contributed by atoms with van der Waals surface area (Å²) >= 11 is 0. The number of Topliss-reactive ketones (excluding diaryl/α,β-unsaturated/α-hetero) is 1. The number of pyridine rings is 1. The fourth-order valence-corrected chi connectivity index (χ4v) is 2.67. The Kier molecular flexibility index (Phi) is 4.32. The molecule has 23 heavy (non-hydrogen) atoms. The minimum atomic E-state index is -3.04. The molecule has 0 aliphatic rings. The van der Waals surface area contributed by atoms with Crippen LogP contribution in [0.2, 0.25) is 0 Å². The van der Waals surface area contributed by atoms with Crippen LogP contribution in [0.25, 0.3) is 11.4 Å². The summed E-state index contributed by atoms with van der Waals surface area (Å²) in [4.78, 5) is 16.0. The first kappa shape index (κ1) is 17.2. The highest BCUT2D eigenvalue weighted by Gasteiger charge is 2.33. The molecule has 0 spiro atoms. The monoisotopic (exact) mass is 322 g/mol. The van der Waals surface area contributed by atoms with Gasteiger partial charge >= 0.3 is 0 Å². The van der Waals surface area contributed by atoms with Crippen LogP contribution in [-0.2, 0) is 10.7 Å². The molecule has 0 bridgehead atoms. The molecule has 0 aliphatic heterocycles. The maximum absolute atomic E-state index is 13.7. The Morgan fingerprint density at radius 1 is 1.26 bits per heavy atom. The van der Waals surface area contributed by atoms with Crippen molar-refractivity contribution >= 4 is 5.78 Å². The Labute approximate surface area is 133 Å². The zero-order valence-electron chi connectivity index (χ0n) is 13.8. The normalized spacial score (nSPS) is 13.9. The third-order valence-electron chi connectivity index (χ3n) is 3.50. The lowest BCUT2D eigenvalue weighted by Gasteiger charge is -2.28. The maximum Gasteiger partial charge on any atom is 0.272 e. The second-order valence-corrected chi connectivity index (χ2v) is 6.75. The van der Waals surface area contributed by atoms with Crippen LogP contribution in [-0.4, -0.2) is 25.8 Å². The molecule has 0 aromatic carbocycles. The molecule has 1 atom stereocenters. The number of ketones is 1. The van der Waals surface area contributed by atoms with Crippen LogP contribution >= 0.6 is 0 Å². The van der Waals surface area contributed by atoms with Crippen LogP contribution in [0.15, 0.2) is 24.5 Å². The minimum absolute atomic E-state index is 0.0717. The van der Waals surface area contributed by atoms with E-state index < -0.39 is 12.0 Å². The molecule has 0 fully saturated rings. The van der Waals surface area contributed by atoms with Crippen molar-refractivity contribution in [1.82, 2.24) is 20.0 Å². The fraction of sp³-hybridized carbons (Fsp3) is 0.500. The van der Waals surface area contributed by atoms with Crippen molar-refractivity contribution in [3.8, 4) is 11.4 Å². The first-order valence-electron chi connectivity index (χ1n) is 7.28. The maximum atomic E-state index is 13.7. The van der Waals surface area contributed by atoms with Crippen molar-refractivity contribution in [2.24, 2.45) is 5.41 Å². The largest absolute Gasteiger partial charge is 0.298 e. The van der Waals surface area contributed by atoms with E-state index in [0.717, 1.165) is 6.92 Å². The summed E-state index contributed by atoms with van der Waals surface area (Å²) in [6.07, 6.45) is 2.92. The van der Waals surface area contributed by atoms with Crippen LogP contribution in [0.1, 0.15) is 46.2 Å². The molecule has 124 valence electrons. The number of halogens is 2. The number of aromatic nitrogens is 4. The zero-order chi connectivity index (χ0) is 17.4. The summed E-state index contributed by atoms with van der Waals surface area (Å²) in [5.41, 5.74) is -0.305. The van der Waals surface area contributed by atoms with Gasteiger partial charge in [-0.3, -0.25) is 9.78 Å². The Morgan fingerprint density at radius 3 is 2.43 bits per heavy atom. The van der Waals surface area contributed by atoms with Crippen LogP contribution in [0.3, 0.4) is 0 Å². The quantitative estimate of drug-likeness (QED) is 0.862. The third kappa shape index (κ3) is 3.60. The van der Waals surface area contributed by atoms with E-state index in [0.29, 0.717) is 0 Å². The first-order valence-corrected chi connectivity index (χ1v) is 7.28. The highest BCUT2D eigenvalue weighted by atomic mass is 19.3. The molecule has 0 radical (unpaired) electrons. The van der Waals surface area contributed by atoms with Gasteiger partial charge in [0.25, 0.3) is 5.92 Å². The van der Waals surface area contributed by atoms with Crippen LogP contribution in [0, 0.1) is 5.41 Å². The average Bonchev–Trinajstić information content (AvgIpc) is 2.84. The van der Waals surface area contributed by atoms with Crippen molar-refractivity contribution in [3.05, 3.63) is 30.1 Å². The van der Waals surface area contributed by atoms with Gasteiger partial charge < -0.3 is 0 Å². The molecule has 0 N–H and O–H groups in total.